The molecule has 0 unspecified atom stereocenters. The van der Waals surface area contributed by atoms with Crippen molar-refractivity contribution in [2.24, 2.45) is 0 Å². The summed E-state index contributed by atoms with van der Waals surface area (Å²) in [5.74, 6) is -0.410. The Labute approximate surface area is 155 Å². The lowest BCUT2D eigenvalue weighted by atomic mass is 10.0. The highest BCUT2D eigenvalue weighted by atomic mass is 32.1. The zero-order chi connectivity index (χ0) is 18.5. The Hall–Kier alpha value is -2.67. The lowest BCUT2D eigenvalue weighted by Crippen LogP contribution is -2.21. The number of thiophene rings is 1. The number of hydrogen-bond donors (Lipinski definition) is 1. The summed E-state index contributed by atoms with van der Waals surface area (Å²) in [6, 6.07) is 9.74. The van der Waals surface area contributed by atoms with E-state index in [-0.39, 0.29) is 24.8 Å². The van der Waals surface area contributed by atoms with Crippen LogP contribution in [0.2, 0.25) is 0 Å². The van der Waals surface area contributed by atoms with Crippen molar-refractivity contribution in [3.63, 3.8) is 0 Å². The van der Waals surface area contributed by atoms with E-state index in [4.69, 9.17) is 4.42 Å². The van der Waals surface area contributed by atoms with Crippen LogP contribution in [0.4, 0.5) is 5.69 Å². The first kappa shape index (κ1) is 18.1. The van der Waals surface area contributed by atoms with Gasteiger partial charge in [0.1, 0.15) is 0 Å². The molecule has 0 fully saturated rings. The van der Waals surface area contributed by atoms with Crippen LogP contribution in [0.3, 0.4) is 0 Å². The molecule has 2 aromatic heterocycles. The third kappa shape index (κ3) is 3.94. The second-order valence-corrected chi connectivity index (χ2v) is 6.78. The average molecular weight is 371 g/mol. The molecule has 2 heterocycles. The van der Waals surface area contributed by atoms with Gasteiger partial charge in [-0.2, -0.15) is 4.68 Å². The molecule has 7 heteroatoms. The van der Waals surface area contributed by atoms with Gasteiger partial charge in [0.25, 0.3) is 5.89 Å². The summed E-state index contributed by atoms with van der Waals surface area (Å²) in [4.78, 5) is 25.1. The molecule has 3 rings (SSSR count). The number of anilines is 1. The third-order valence-electron chi connectivity index (χ3n) is 4.15. The molecular weight excluding hydrogens is 350 g/mol. The molecule has 0 aliphatic heterocycles. The third-order valence-corrected chi connectivity index (χ3v) is 5.01. The number of para-hydroxylation sites is 1. The van der Waals surface area contributed by atoms with Gasteiger partial charge < -0.3 is 9.73 Å². The predicted octanol–water partition coefficient (Wildman–Crippen LogP) is 3.72. The number of aromatic nitrogens is 2. The van der Waals surface area contributed by atoms with Crippen molar-refractivity contribution in [1.29, 1.82) is 0 Å². The first-order chi connectivity index (χ1) is 12.6. The fourth-order valence-electron chi connectivity index (χ4n) is 2.76. The van der Waals surface area contributed by atoms with Crippen molar-refractivity contribution in [2.45, 2.75) is 39.7 Å². The molecular formula is C19H21N3O3S. The van der Waals surface area contributed by atoms with Gasteiger partial charge in [0.05, 0.1) is 11.4 Å². The number of amides is 1. The smallest absolute Gasteiger partial charge is 0.387 e. The van der Waals surface area contributed by atoms with Gasteiger partial charge in [-0.25, -0.2) is 4.79 Å². The van der Waals surface area contributed by atoms with E-state index in [1.807, 2.05) is 35.7 Å². The molecule has 0 aliphatic rings. The number of nitrogens with one attached hydrogen (secondary N) is 1. The van der Waals surface area contributed by atoms with Gasteiger partial charge in [0.2, 0.25) is 5.91 Å². The zero-order valence-corrected chi connectivity index (χ0v) is 15.6. The Morgan fingerprint density at radius 1 is 1.19 bits per heavy atom. The molecule has 0 saturated carbocycles. The van der Waals surface area contributed by atoms with Crippen LogP contribution in [0.25, 0.3) is 10.8 Å². The van der Waals surface area contributed by atoms with E-state index in [1.54, 1.807) is 0 Å². The fraction of sp³-hybridized carbons (Fsp3) is 0.316. The van der Waals surface area contributed by atoms with Gasteiger partial charge in [-0.3, -0.25) is 4.79 Å². The molecule has 0 saturated heterocycles. The maximum absolute atomic E-state index is 12.4. The number of carbonyl (C=O) groups excluding carboxylic acids is 1. The summed E-state index contributed by atoms with van der Waals surface area (Å²) in [5, 5.41) is 9.05. The van der Waals surface area contributed by atoms with Crippen LogP contribution in [0.5, 0.6) is 0 Å². The SMILES string of the molecule is CCc1cccc(CC)c1NC(=O)CCn1nc(-c2cccs2)oc1=O. The van der Waals surface area contributed by atoms with Gasteiger partial charge in [0, 0.05) is 12.1 Å². The molecule has 1 N–H and O–H groups in total. The molecule has 1 aromatic carbocycles. The number of carbonyl (C=O) groups is 1. The number of rotatable bonds is 7. The van der Waals surface area contributed by atoms with Crippen molar-refractivity contribution >= 4 is 22.9 Å². The van der Waals surface area contributed by atoms with E-state index >= 15 is 0 Å². The van der Waals surface area contributed by atoms with Gasteiger partial charge in [-0.15, -0.1) is 16.4 Å². The Balaban J connectivity index is 1.68. The van der Waals surface area contributed by atoms with Crippen LogP contribution in [0.1, 0.15) is 31.4 Å². The van der Waals surface area contributed by atoms with E-state index in [1.165, 1.54) is 16.0 Å². The van der Waals surface area contributed by atoms with E-state index in [0.717, 1.165) is 34.5 Å². The number of benzene rings is 1. The lowest BCUT2D eigenvalue weighted by molar-refractivity contribution is -0.116. The predicted molar refractivity (Wildman–Crippen MR) is 103 cm³/mol. The molecule has 0 aliphatic carbocycles. The molecule has 3 aromatic rings. The summed E-state index contributed by atoms with van der Waals surface area (Å²) in [5.41, 5.74) is 3.10. The van der Waals surface area contributed by atoms with Crippen LogP contribution in [0, 0.1) is 0 Å². The monoisotopic (exact) mass is 371 g/mol. The van der Waals surface area contributed by atoms with Gasteiger partial charge >= 0.3 is 5.76 Å². The Morgan fingerprint density at radius 2 is 1.92 bits per heavy atom. The van der Waals surface area contributed by atoms with Gasteiger partial charge in [0.15, 0.2) is 0 Å². The summed E-state index contributed by atoms with van der Waals surface area (Å²) >= 11 is 1.44. The largest absolute Gasteiger partial charge is 0.437 e. The second kappa shape index (κ2) is 8.14. The standard InChI is InChI=1S/C19H21N3O3S/c1-3-13-7-5-8-14(4-2)17(13)20-16(23)10-11-22-19(24)25-18(21-22)15-9-6-12-26-15/h5-9,12H,3-4,10-11H2,1-2H3,(H,20,23). The van der Waals surface area contributed by atoms with E-state index < -0.39 is 5.76 Å². The Morgan fingerprint density at radius 3 is 2.54 bits per heavy atom. The van der Waals surface area contributed by atoms with Crippen LogP contribution >= 0.6 is 11.3 Å². The normalized spacial score (nSPS) is 10.8. The maximum atomic E-state index is 12.4. The van der Waals surface area contributed by atoms with Crippen LogP contribution < -0.4 is 11.1 Å². The van der Waals surface area contributed by atoms with Crippen molar-refractivity contribution < 1.29 is 9.21 Å². The molecule has 26 heavy (non-hydrogen) atoms. The van der Waals surface area contributed by atoms with Crippen molar-refractivity contribution in [3.8, 4) is 10.8 Å². The summed E-state index contributed by atoms with van der Waals surface area (Å²) in [6.07, 6.45) is 1.84. The van der Waals surface area contributed by atoms with Crippen LogP contribution in [-0.4, -0.2) is 15.7 Å². The molecule has 0 atom stereocenters. The minimum atomic E-state index is -0.551. The highest BCUT2D eigenvalue weighted by molar-refractivity contribution is 7.13. The quantitative estimate of drug-likeness (QED) is 0.687. The lowest BCUT2D eigenvalue weighted by Gasteiger charge is -2.14. The first-order valence-corrected chi connectivity index (χ1v) is 9.52. The van der Waals surface area contributed by atoms with Crippen LogP contribution in [0.15, 0.2) is 44.9 Å². The van der Waals surface area contributed by atoms with Crippen molar-refractivity contribution in [2.75, 3.05) is 5.32 Å². The van der Waals surface area contributed by atoms with E-state index in [2.05, 4.69) is 24.3 Å². The van der Waals surface area contributed by atoms with E-state index in [9.17, 15) is 9.59 Å². The van der Waals surface area contributed by atoms with Crippen molar-refractivity contribution in [1.82, 2.24) is 9.78 Å². The molecule has 136 valence electrons. The van der Waals surface area contributed by atoms with E-state index in [0.29, 0.717) is 0 Å². The topological polar surface area (TPSA) is 77.1 Å². The molecule has 0 spiro atoms. The summed E-state index contributed by atoms with van der Waals surface area (Å²) in [7, 11) is 0. The maximum Gasteiger partial charge on any atom is 0.437 e. The van der Waals surface area contributed by atoms with Crippen LogP contribution in [-0.2, 0) is 24.2 Å². The molecule has 0 radical (unpaired) electrons. The number of hydrogen-bond acceptors (Lipinski definition) is 5. The Bertz CT molecular complexity index is 919. The molecule has 0 bridgehead atoms. The second-order valence-electron chi connectivity index (χ2n) is 5.83. The highest BCUT2D eigenvalue weighted by Gasteiger charge is 2.14. The zero-order valence-electron chi connectivity index (χ0n) is 14.8. The van der Waals surface area contributed by atoms with Crippen molar-refractivity contribution in [3.05, 3.63) is 57.4 Å². The minimum Gasteiger partial charge on any atom is -0.387 e. The summed E-state index contributed by atoms with van der Waals surface area (Å²) < 4.78 is 6.35. The minimum absolute atomic E-state index is 0.145. The number of nitrogens with zero attached hydrogens (tertiary/aromatic N) is 2. The van der Waals surface area contributed by atoms with Gasteiger partial charge in [-0.1, -0.05) is 38.1 Å². The van der Waals surface area contributed by atoms with Gasteiger partial charge in [-0.05, 0) is 35.4 Å². The first-order valence-electron chi connectivity index (χ1n) is 8.64. The average Bonchev–Trinajstić information content (AvgIpc) is 3.30. The summed E-state index contributed by atoms with van der Waals surface area (Å²) in [6.45, 7) is 4.30. The Kier molecular flexibility index (Phi) is 5.68. The molecule has 1 amide bonds. The number of aryl methyl sites for hydroxylation is 3. The fourth-order valence-corrected chi connectivity index (χ4v) is 3.40. The molecule has 6 nitrogen and oxygen atoms in total. The highest BCUT2D eigenvalue weighted by Crippen LogP contribution is 2.23.